The zero-order valence-electron chi connectivity index (χ0n) is 10.2. The van der Waals surface area contributed by atoms with Crippen LogP contribution < -0.4 is 4.74 Å². The van der Waals surface area contributed by atoms with E-state index in [1.807, 2.05) is 0 Å². The fourth-order valence-electron chi connectivity index (χ4n) is 1.70. The highest BCUT2D eigenvalue weighted by Gasteiger charge is 2.20. The number of hydrogen-bond acceptors (Lipinski definition) is 1. The number of halogens is 4. The molecule has 0 aliphatic carbocycles. The zero-order valence-corrected chi connectivity index (χ0v) is 10.2. The summed E-state index contributed by atoms with van der Waals surface area (Å²) in [4.78, 5) is 0. The minimum atomic E-state index is -1.16. The Morgan fingerprint density at radius 2 is 1.70 bits per heavy atom. The highest BCUT2D eigenvalue weighted by Crippen LogP contribution is 2.33. The normalized spacial score (nSPS) is 10.4. The van der Waals surface area contributed by atoms with E-state index in [9.17, 15) is 17.6 Å². The number of hydrogen-bond donors (Lipinski definition) is 0. The molecule has 103 valence electrons. The Labute approximate surface area is 113 Å². The van der Waals surface area contributed by atoms with Crippen LogP contribution >= 0.6 is 0 Å². The monoisotopic (exact) mass is 281 g/mol. The van der Waals surface area contributed by atoms with E-state index in [0.29, 0.717) is 0 Å². The van der Waals surface area contributed by atoms with Crippen LogP contribution in [0.2, 0.25) is 0 Å². The maximum atomic E-state index is 13.9. The molecule has 0 N–H and O–H groups in total. The van der Waals surface area contributed by atoms with Gasteiger partial charge in [-0.3, -0.25) is 0 Å². The standard InChI is InChI=1S/C15H9F4O/c1-2-6-20-9-7-12(18)15(13(19)8-9)14-10(16)4-3-5-11(14)17/h2-4,7-8H,1,6H2. The van der Waals surface area contributed by atoms with Gasteiger partial charge in [0, 0.05) is 18.2 Å². The van der Waals surface area contributed by atoms with Gasteiger partial charge in [-0.1, -0.05) is 12.7 Å². The van der Waals surface area contributed by atoms with Crippen LogP contribution in [0, 0.1) is 29.3 Å². The van der Waals surface area contributed by atoms with Gasteiger partial charge < -0.3 is 4.74 Å². The Kier molecular flexibility index (Phi) is 4.08. The van der Waals surface area contributed by atoms with Gasteiger partial charge in [0.2, 0.25) is 0 Å². The van der Waals surface area contributed by atoms with Crippen LogP contribution in [-0.4, -0.2) is 6.61 Å². The third-order valence-corrected chi connectivity index (χ3v) is 2.53. The molecule has 2 aromatic carbocycles. The molecule has 0 amide bonds. The topological polar surface area (TPSA) is 9.23 Å². The van der Waals surface area contributed by atoms with E-state index in [2.05, 4.69) is 12.6 Å². The minimum absolute atomic E-state index is 0.0556. The molecule has 2 aromatic rings. The molecule has 5 heteroatoms. The molecule has 1 radical (unpaired) electrons. The predicted octanol–water partition coefficient (Wildman–Crippen LogP) is 4.27. The molecule has 1 nitrogen and oxygen atoms in total. The lowest BCUT2D eigenvalue weighted by molar-refractivity contribution is 0.358. The first-order valence-corrected chi connectivity index (χ1v) is 5.63. The van der Waals surface area contributed by atoms with Crippen LogP contribution in [0.5, 0.6) is 5.75 Å². The zero-order chi connectivity index (χ0) is 14.7. The third kappa shape index (κ3) is 2.66. The summed E-state index contributed by atoms with van der Waals surface area (Å²) in [6.07, 6.45) is 1.40. The molecule has 0 aliphatic heterocycles. The summed E-state index contributed by atoms with van der Waals surface area (Å²) in [6.45, 7) is 3.45. The molecule has 0 saturated heterocycles. The molecular formula is C15H9F4O. The van der Waals surface area contributed by atoms with E-state index in [1.54, 1.807) is 0 Å². The van der Waals surface area contributed by atoms with Crippen LogP contribution in [0.25, 0.3) is 11.1 Å². The molecule has 0 bridgehead atoms. The van der Waals surface area contributed by atoms with Gasteiger partial charge >= 0.3 is 0 Å². The van der Waals surface area contributed by atoms with Gasteiger partial charge in [0.05, 0.1) is 11.1 Å². The van der Waals surface area contributed by atoms with E-state index in [-0.39, 0.29) is 12.4 Å². The summed E-state index contributed by atoms with van der Waals surface area (Å²) in [5.41, 5.74) is -1.58. The highest BCUT2D eigenvalue weighted by molar-refractivity contribution is 5.67. The fourth-order valence-corrected chi connectivity index (χ4v) is 1.70. The van der Waals surface area contributed by atoms with Crippen molar-refractivity contribution < 1.29 is 22.3 Å². The molecule has 0 atom stereocenters. The van der Waals surface area contributed by atoms with Gasteiger partial charge in [-0.05, 0) is 12.1 Å². The van der Waals surface area contributed by atoms with Gasteiger partial charge in [0.15, 0.2) is 0 Å². The molecule has 0 aromatic heterocycles. The molecule has 0 heterocycles. The molecule has 2 rings (SSSR count). The first-order chi connectivity index (χ1) is 9.54. The van der Waals surface area contributed by atoms with Gasteiger partial charge in [-0.15, -0.1) is 0 Å². The van der Waals surface area contributed by atoms with Crippen molar-refractivity contribution in [2.75, 3.05) is 6.61 Å². The lowest BCUT2D eigenvalue weighted by Gasteiger charge is -2.10. The summed E-state index contributed by atoms with van der Waals surface area (Å²) in [5.74, 6) is -4.58. The molecule has 0 fully saturated rings. The largest absolute Gasteiger partial charge is 0.489 e. The lowest BCUT2D eigenvalue weighted by atomic mass is 10.0. The van der Waals surface area contributed by atoms with E-state index in [1.165, 1.54) is 6.08 Å². The van der Waals surface area contributed by atoms with E-state index < -0.39 is 34.4 Å². The van der Waals surface area contributed by atoms with Gasteiger partial charge in [0.1, 0.15) is 35.6 Å². The molecule has 0 aliphatic rings. The van der Waals surface area contributed by atoms with Crippen LogP contribution in [0.4, 0.5) is 17.6 Å². The molecule has 0 unspecified atom stereocenters. The number of rotatable bonds is 4. The van der Waals surface area contributed by atoms with Gasteiger partial charge in [-0.2, -0.15) is 0 Å². The van der Waals surface area contributed by atoms with E-state index in [0.717, 1.165) is 24.3 Å². The van der Waals surface area contributed by atoms with Crippen molar-refractivity contribution >= 4 is 0 Å². The molecular weight excluding hydrogens is 272 g/mol. The van der Waals surface area contributed by atoms with Crippen molar-refractivity contribution in [3.8, 4) is 16.9 Å². The van der Waals surface area contributed by atoms with Gasteiger partial charge in [0.25, 0.3) is 0 Å². The Morgan fingerprint density at radius 1 is 1.05 bits per heavy atom. The summed E-state index contributed by atoms with van der Waals surface area (Å²) >= 11 is 0. The van der Waals surface area contributed by atoms with Crippen molar-refractivity contribution in [2.24, 2.45) is 0 Å². The van der Waals surface area contributed by atoms with E-state index in [4.69, 9.17) is 4.74 Å². The Hall–Kier alpha value is -2.30. The van der Waals surface area contributed by atoms with E-state index >= 15 is 0 Å². The highest BCUT2D eigenvalue weighted by atomic mass is 19.1. The average molecular weight is 281 g/mol. The second-order valence-corrected chi connectivity index (χ2v) is 3.88. The van der Waals surface area contributed by atoms with Crippen molar-refractivity contribution in [1.82, 2.24) is 0 Å². The fraction of sp³-hybridized carbons (Fsp3) is 0.0667. The van der Waals surface area contributed by atoms with Gasteiger partial charge in [-0.25, -0.2) is 17.6 Å². The SMILES string of the molecule is C=CCOc1cc(F)c(-c2c(F)[c]ccc2F)c(F)c1. The van der Waals surface area contributed by atoms with Crippen molar-refractivity contribution in [3.05, 3.63) is 66.3 Å². The molecule has 0 saturated carbocycles. The minimum Gasteiger partial charge on any atom is -0.489 e. The van der Waals surface area contributed by atoms with Crippen molar-refractivity contribution in [3.63, 3.8) is 0 Å². The Balaban J connectivity index is 2.55. The maximum absolute atomic E-state index is 13.9. The maximum Gasteiger partial charge on any atom is 0.142 e. The average Bonchev–Trinajstić information content (AvgIpc) is 2.39. The Morgan fingerprint density at radius 3 is 2.25 bits per heavy atom. The number of benzene rings is 2. The second kappa shape index (κ2) is 5.77. The van der Waals surface area contributed by atoms with Crippen LogP contribution in [-0.2, 0) is 0 Å². The molecule has 0 spiro atoms. The quantitative estimate of drug-likeness (QED) is 0.600. The predicted molar refractivity (Wildman–Crippen MR) is 66.2 cm³/mol. The Bertz CT molecular complexity index is 609. The second-order valence-electron chi connectivity index (χ2n) is 3.88. The first kappa shape index (κ1) is 14.1. The smallest absolute Gasteiger partial charge is 0.142 e. The van der Waals surface area contributed by atoms with Crippen molar-refractivity contribution in [2.45, 2.75) is 0 Å². The summed E-state index contributed by atoms with van der Waals surface area (Å²) in [5, 5.41) is 0. The van der Waals surface area contributed by atoms with Crippen molar-refractivity contribution in [1.29, 1.82) is 0 Å². The summed E-state index contributed by atoms with van der Waals surface area (Å²) < 4.78 is 59.8. The van der Waals surface area contributed by atoms with Crippen LogP contribution in [0.1, 0.15) is 0 Å². The summed E-state index contributed by atoms with van der Waals surface area (Å²) in [6, 6.07) is 5.63. The molecule has 20 heavy (non-hydrogen) atoms. The number of ether oxygens (including phenoxy) is 1. The van der Waals surface area contributed by atoms with Crippen LogP contribution in [0.3, 0.4) is 0 Å². The lowest BCUT2D eigenvalue weighted by Crippen LogP contribution is -2.00. The summed E-state index contributed by atoms with van der Waals surface area (Å²) in [7, 11) is 0. The first-order valence-electron chi connectivity index (χ1n) is 5.63. The third-order valence-electron chi connectivity index (χ3n) is 2.53. The van der Waals surface area contributed by atoms with Crippen LogP contribution in [0.15, 0.2) is 36.9 Å².